The zero-order valence-electron chi connectivity index (χ0n) is 11.6. The van der Waals surface area contributed by atoms with E-state index in [4.69, 9.17) is 21.4 Å². The molecule has 1 saturated carbocycles. The first kappa shape index (κ1) is 16.6. The summed E-state index contributed by atoms with van der Waals surface area (Å²) in [5.41, 5.74) is 0. The van der Waals surface area contributed by atoms with Crippen LogP contribution in [0, 0.1) is 11.8 Å². The molecule has 21 heavy (non-hydrogen) atoms. The number of ether oxygens (including phenoxy) is 1. The van der Waals surface area contributed by atoms with Crippen LogP contribution in [0.25, 0.3) is 0 Å². The van der Waals surface area contributed by atoms with Crippen LogP contribution in [0.15, 0.2) is 22.7 Å². The molecule has 0 amide bonds. The molecule has 0 radical (unpaired) electrons. The van der Waals surface area contributed by atoms with Crippen LogP contribution in [0.4, 0.5) is 0 Å². The SMILES string of the molecule is O=C(O)C1CCCC1CNCCOc1ccc(Cl)cc1Br. The minimum atomic E-state index is -0.666. The Morgan fingerprint density at radius 3 is 3.00 bits per heavy atom. The predicted octanol–water partition coefficient (Wildman–Crippen LogP) is 3.57. The van der Waals surface area contributed by atoms with Crippen molar-refractivity contribution >= 4 is 33.5 Å². The number of rotatable bonds is 7. The molecule has 1 aromatic carbocycles. The minimum absolute atomic E-state index is 0.191. The first-order chi connectivity index (χ1) is 10.1. The molecule has 1 fully saturated rings. The van der Waals surface area contributed by atoms with Crippen LogP contribution in [0.2, 0.25) is 5.02 Å². The van der Waals surface area contributed by atoms with Crippen LogP contribution in [0.5, 0.6) is 5.75 Å². The van der Waals surface area contributed by atoms with Gasteiger partial charge in [0.1, 0.15) is 12.4 Å². The molecule has 6 heteroatoms. The molecule has 2 unspecified atom stereocenters. The number of aliphatic carboxylic acids is 1. The van der Waals surface area contributed by atoms with Crippen molar-refractivity contribution in [2.45, 2.75) is 19.3 Å². The lowest BCUT2D eigenvalue weighted by molar-refractivity contribution is -0.142. The van der Waals surface area contributed by atoms with Gasteiger partial charge in [-0.05, 0) is 59.4 Å². The molecular formula is C15H19BrClNO3. The van der Waals surface area contributed by atoms with E-state index in [2.05, 4.69) is 21.2 Å². The van der Waals surface area contributed by atoms with Gasteiger partial charge < -0.3 is 15.2 Å². The molecule has 2 rings (SSSR count). The molecule has 0 spiro atoms. The van der Waals surface area contributed by atoms with Crippen molar-refractivity contribution < 1.29 is 14.6 Å². The third kappa shape index (κ3) is 4.87. The lowest BCUT2D eigenvalue weighted by Crippen LogP contribution is -2.31. The van der Waals surface area contributed by atoms with Crippen molar-refractivity contribution in [3.63, 3.8) is 0 Å². The Kier molecular flexibility index (Phi) is 6.33. The number of carbonyl (C=O) groups is 1. The minimum Gasteiger partial charge on any atom is -0.491 e. The molecule has 4 nitrogen and oxygen atoms in total. The van der Waals surface area contributed by atoms with Gasteiger partial charge in [0, 0.05) is 11.6 Å². The molecule has 0 aromatic heterocycles. The zero-order chi connectivity index (χ0) is 15.2. The third-order valence-electron chi connectivity index (χ3n) is 3.81. The van der Waals surface area contributed by atoms with Crippen LogP contribution < -0.4 is 10.1 Å². The van der Waals surface area contributed by atoms with Crippen LogP contribution in [-0.2, 0) is 4.79 Å². The van der Waals surface area contributed by atoms with E-state index in [9.17, 15) is 4.79 Å². The van der Waals surface area contributed by atoms with Gasteiger partial charge in [0.25, 0.3) is 0 Å². The fourth-order valence-electron chi connectivity index (χ4n) is 2.72. The van der Waals surface area contributed by atoms with E-state index < -0.39 is 5.97 Å². The van der Waals surface area contributed by atoms with Gasteiger partial charge in [0.05, 0.1) is 10.4 Å². The molecule has 2 atom stereocenters. The maximum absolute atomic E-state index is 11.1. The van der Waals surface area contributed by atoms with E-state index >= 15 is 0 Å². The Morgan fingerprint density at radius 1 is 1.48 bits per heavy atom. The lowest BCUT2D eigenvalue weighted by atomic mass is 9.96. The molecular weight excluding hydrogens is 358 g/mol. The highest BCUT2D eigenvalue weighted by Gasteiger charge is 2.32. The molecule has 0 heterocycles. The number of carboxylic acids is 1. The molecule has 1 aromatic rings. The lowest BCUT2D eigenvalue weighted by Gasteiger charge is -2.16. The molecule has 0 bridgehead atoms. The van der Waals surface area contributed by atoms with E-state index in [1.165, 1.54) is 0 Å². The van der Waals surface area contributed by atoms with Crippen LogP contribution >= 0.6 is 27.5 Å². The van der Waals surface area contributed by atoms with Crippen LogP contribution in [0.3, 0.4) is 0 Å². The molecule has 1 aliphatic carbocycles. The number of carboxylic acid groups (broad SMARTS) is 1. The number of hydrogen-bond donors (Lipinski definition) is 2. The summed E-state index contributed by atoms with van der Waals surface area (Å²) in [6.45, 7) is 1.96. The second kappa shape index (κ2) is 8.01. The second-order valence-electron chi connectivity index (χ2n) is 5.26. The summed E-state index contributed by atoms with van der Waals surface area (Å²) in [5, 5.41) is 13.1. The number of benzene rings is 1. The zero-order valence-corrected chi connectivity index (χ0v) is 14.0. The smallest absolute Gasteiger partial charge is 0.306 e. The summed E-state index contributed by atoms with van der Waals surface area (Å²) < 4.78 is 6.48. The summed E-state index contributed by atoms with van der Waals surface area (Å²) in [4.78, 5) is 11.1. The van der Waals surface area contributed by atoms with Crippen molar-refractivity contribution in [3.8, 4) is 5.75 Å². The maximum Gasteiger partial charge on any atom is 0.306 e. The number of hydrogen-bond acceptors (Lipinski definition) is 3. The van der Waals surface area contributed by atoms with Gasteiger partial charge >= 0.3 is 5.97 Å². The largest absolute Gasteiger partial charge is 0.491 e. The Bertz CT molecular complexity index is 498. The van der Waals surface area contributed by atoms with Gasteiger partial charge in [0.15, 0.2) is 0 Å². The predicted molar refractivity (Wildman–Crippen MR) is 86.0 cm³/mol. The Balaban J connectivity index is 1.67. The fourth-order valence-corrected chi connectivity index (χ4v) is 3.52. The highest BCUT2D eigenvalue weighted by Crippen LogP contribution is 2.31. The van der Waals surface area contributed by atoms with E-state index in [0.717, 1.165) is 36.0 Å². The Hall–Kier alpha value is -0.780. The first-order valence-electron chi connectivity index (χ1n) is 7.09. The molecule has 0 saturated heterocycles. The van der Waals surface area contributed by atoms with E-state index in [0.29, 0.717) is 18.2 Å². The Labute approximate surface area is 138 Å². The van der Waals surface area contributed by atoms with Gasteiger partial charge in [-0.2, -0.15) is 0 Å². The van der Waals surface area contributed by atoms with Gasteiger partial charge in [-0.15, -0.1) is 0 Å². The second-order valence-corrected chi connectivity index (χ2v) is 6.55. The van der Waals surface area contributed by atoms with E-state index in [1.54, 1.807) is 12.1 Å². The molecule has 2 N–H and O–H groups in total. The van der Waals surface area contributed by atoms with Gasteiger partial charge in [-0.1, -0.05) is 18.0 Å². The van der Waals surface area contributed by atoms with Crippen molar-refractivity contribution in [3.05, 3.63) is 27.7 Å². The number of halogens is 2. The normalized spacial score (nSPS) is 21.4. The van der Waals surface area contributed by atoms with Crippen molar-refractivity contribution in [2.75, 3.05) is 19.7 Å². The summed E-state index contributed by atoms with van der Waals surface area (Å²) >= 11 is 9.27. The topological polar surface area (TPSA) is 58.6 Å². The van der Waals surface area contributed by atoms with Gasteiger partial charge in [-0.3, -0.25) is 4.79 Å². The average Bonchev–Trinajstić information content (AvgIpc) is 2.89. The number of nitrogens with one attached hydrogen (secondary N) is 1. The Morgan fingerprint density at radius 2 is 2.29 bits per heavy atom. The van der Waals surface area contributed by atoms with Crippen molar-refractivity contribution in [2.24, 2.45) is 11.8 Å². The maximum atomic E-state index is 11.1. The van der Waals surface area contributed by atoms with Crippen molar-refractivity contribution in [1.82, 2.24) is 5.32 Å². The molecule has 116 valence electrons. The van der Waals surface area contributed by atoms with E-state index in [-0.39, 0.29) is 11.8 Å². The monoisotopic (exact) mass is 375 g/mol. The van der Waals surface area contributed by atoms with Crippen LogP contribution in [0.1, 0.15) is 19.3 Å². The highest BCUT2D eigenvalue weighted by molar-refractivity contribution is 9.10. The summed E-state index contributed by atoms with van der Waals surface area (Å²) in [5.74, 6) is 0.139. The fraction of sp³-hybridized carbons (Fsp3) is 0.533. The summed E-state index contributed by atoms with van der Waals surface area (Å²) in [6.07, 6.45) is 2.81. The van der Waals surface area contributed by atoms with Crippen molar-refractivity contribution in [1.29, 1.82) is 0 Å². The van der Waals surface area contributed by atoms with Gasteiger partial charge in [-0.25, -0.2) is 0 Å². The van der Waals surface area contributed by atoms with E-state index in [1.807, 2.05) is 6.07 Å². The molecule has 1 aliphatic rings. The van der Waals surface area contributed by atoms with Gasteiger partial charge in [0.2, 0.25) is 0 Å². The first-order valence-corrected chi connectivity index (χ1v) is 8.26. The quantitative estimate of drug-likeness (QED) is 0.714. The molecule has 0 aliphatic heterocycles. The average molecular weight is 377 g/mol. The summed E-state index contributed by atoms with van der Waals surface area (Å²) in [7, 11) is 0. The standard InChI is InChI=1S/C15H19BrClNO3/c16-13-8-11(17)4-5-14(13)21-7-6-18-9-10-2-1-3-12(10)15(19)20/h4-5,8,10,12,18H,1-3,6-7,9H2,(H,19,20). The van der Waals surface area contributed by atoms with Crippen LogP contribution in [-0.4, -0.2) is 30.8 Å². The third-order valence-corrected chi connectivity index (χ3v) is 4.67. The summed E-state index contributed by atoms with van der Waals surface area (Å²) in [6, 6.07) is 5.40. The highest BCUT2D eigenvalue weighted by atomic mass is 79.9.